The number of likely N-dealkylation sites (N-methyl/N-ethyl adjacent to an activating group) is 1. The van der Waals surface area contributed by atoms with E-state index in [9.17, 15) is 5.11 Å². The topological polar surface area (TPSA) is 58.5 Å². The maximum Gasteiger partial charge on any atom is 0.318 e. The van der Waals surface area contributed by atoms with Gasteiger partial charge in [-0.2, -0.15) is 4.98 Å². The monoisotopic (exact) mass is 271 g/mol. The van der Waals surface area contributed by atoms with Crippen LogP contribution in [0.15, 0.2) is 6.20 Å². The Labute approximate surface area is 112 Å². The molecule has 18 heavy (non-hydrogen) atoms. The molecule has 0 saturated heterocycles. The maximum atomic E-state index is 10.4. The van der Waals surface area contributed by atoms with Crippen LogP contribution in [-0.2, 0) is 0 Å². The van der Waals surface area contributed by atoms with Crippen LogP contribution in [0, 0.1) is 0 Å². The zero-order valence-electron chi connectivity index (χ0n) is 10.7. The van der Waals surface area contributed by atoms with Gasteiger partial charge in [0.25, 0.3) is 0 Å². The number of hydrogen-bond donors (Lipinski definition) is 1. The summed E-state index contributed by atoms with van der Waals surface area (Å²) < 4.78 is 4.99. The van der Waals surface area contributed by atoms with Crippen LogP contribution in [0.4, 0.5) is 5.82 Å². The molecule has 0 amide bonds. The molecule has 1 aliphatic rings. The van der Waals surface area contributed by atoms with Crippen LogP contribution in [0.25, 0.3) is 0 Å². The molecule has 0 aliphatic heterocycles. The number of hydrogen-bond acceptors (Lipinski definition) is 5. The lowest BCUT2D eigenvalue weighted by Gasteiger charge is -2.29. The fourth-order valence-electron chi connectivity index (χ4n) is 2.42. The average molecular weight is 272 g/mol. The summed E-state index contributed by atoms with van der Waals surface area (Å²) in [6.07, 6.45) is 5.32. The van der Waals surface area contributed by atoms with Crippen LogP contribution >= 0.6 is 11.6 Å². The highest BCUT2D eigenvalue weighted by Gasteiger charge is 2.33. The molecule has 2 rings (SSSR count). The molecular formula is C12H18ClN3O2. The number of nitrogens with zero attached hydrogens (tertiary/aromatic N) is 3. The summed E-state index contributed by atoms with van der Waals surface area (Å²) in [5.41, 5.74) is -0.629. The van der Waals surface area contributed by atoms with Crippen LogP contribution in [-0.4, -0.2) is 41.4 Å². The average Bonchev–Trinajstić information content (AvgIpc) is 2.76. The van der Waals surface area contributed by atoms with Gasteiger partial charge in [0.2, 0.25) is 0 Å². The first kappa shape index (κ1) is 13.4. The minimum absolute atomic E-state index is 0.277. The van der Waals surface area contributed by atoms with Crippen LogP contribution in [0.3, 0.4) is 0 Å². The van der Waals surface area contributed by atoms with E-state index in [2.05, 4.69) is 9.97 Å². The van der Waals surface area contributed by atoms with Crippen molar-refractivity contribution in [3.05, 3.63) is 11.2 Å². The predicted octanol–water partition coefficient (Wildman–Crippen LogP) is 1.88. The Morgan fingerprint density at radius 1 is 1.50 bits per heavy atom. The molecule has 0 atom stereocenters. The lowest BCUT2D eigenvalue weighted by Crippen LogP contribution is -2.39. The largest absolute Gasteiger partial charge is 0.467 e. The highest BCUT2D eigenvalue weighted by Crippen LogP contribution is 2.32. The van der Waals surface area contributed by atoms with Crippen molar-refractivity contribution in [3.63, 3.8) is 0 Å². The molecule has 1 aliphatic carbocycles. The van der Waals surface area contributed by atoms with Crippen molar-refractivity contribution in [2.45, 2.75) is 31.3 Å². The van der Waals surface area contributed by atoms with Gasteiger partial charge in [0.05, 0.1) is 18.9 Å². The van der Waals surface area contributed by atoms with Gasteiger partial charge in [-0.15, -0.1) is 0 Å². The molecule has 1 saturated carbocycles. The number of anilines is 1. The number of aromatic nitrogens is 2. The van der Waals surface area contributed by atoms with Gasteiger partial charge < -0.3 is 14.7 Å². The van der Waals surface area contributed by atoms with Gasteiger partial charge >= 0.3 is 6.01 Å². The number of ether oxygens (including phenoxy) is 1. The van der Waals surface area contributed by atoms with Gasteiger partial charge in [-0.05, 0) is 12.8 Å². The van der Waals surface area contributed by atoms with E-state index in [1.807, 2.05) is 11.9 Å². The lowest BCUT2D eigenvalue weighted by molar-refractivity contribution is 0.0557. The highest BCUT2D eigenvalue weighted by molar-refractivity contribution is 6.32. The highest BCUT2D eigenvalue weighted by atomic mass is 35.5. The van der Waals surface area contributed by atoms with E-state index < -0.39 is 5.60 Å². The Kier molecular flexibility index (Phi) is 3.92. The van der Waals surface area contributed by atoms with E-state index in [1.54, 1.807) is 0 Å². The molecule has 1 aromatic heterocycles. The Bertz CT molecular complexity index is 422. The van der Waals surface area contributed by atoms with Gasteiger partial charge in [-0.25, -0.2) is 4.98 Å². The summed E-state index contributed by atoms with van der Waals surface area (Å²) in [6.45, 7) is 0.521. The van der Waals surface area contributed by atoms with E-state index in [0.29, 0.717) is 17.4 Å². The van der Waals surface area contributed by atoms with E-state index in [1.165, 1.54) is 13.3 Å². The molecule has 0 spiro atoms. The van der Waals surface area contributed by atoms with Crippen molar-refractivity contribution in [2.24, 2.45) is 0 Å². The number of rotatable bonds is 4. The van der Waals surface area contributed by atoms with E-state index >= 15 is 0 Å². The minimum atomic E-state index is -0.629. The number of methoxy groups -OCH3 is 1. The molecule has 0 aromatic carbocycles. The van der Waals surface area contributed by atoms with Gasteiger partial charge in [0, 0.05) is 13.6 Å². The third-order valence-electron chi connectivity index (χ3n) is 3.31. The van der Waals surface area contributed by atoms with Crippen LogP contribution < -0.4 is 9.64 Å². The first-order valence-corrected chi connectivity index (χ1v) is 6.42. The lowest BCUT2D eigenvalue weighted by atomic mass is 10.0. The Morgan fingerprint density at radius 2 is 2.17 bits per heavy atom. The van der Waals surface area contributed by atoms with Crippen LogP contribution in [0.5, 0.6) is 6.01 Å². The fourth-order valence-corrected chi connectivity index (χ4v) is 2.65. The quantitative estimate of drug-likeness (QED) is 0.906. The van der Waals surface area contributed by atoms with Gasteiger partial charge in [-0.3, -0.25) is 0 Å². The van der Waals surface area contributed by atoms with Crippen LogP contribution in [0.1, 0.15) is 25.7 Å². The molecular weight excluding hydrogens is 254 g/mol. The van der Waals surface area contributed by atoms with Crippen LogP contribution in [0.2, 0.25) is 5.02 Å². The number of aliphatic hydroxyl groups is 1. The second kappa shape index (κ2) is 5.28. The van der Waals surface area contributed by atoms with Gasteiger partial charge in [0.15, 0.2) is 5.82 Å². The van der Waals surface area contributed by atoms with E-state index in [4.69, 9.17) is 16.3 Å². The second-order valence-electron chi connectivity index (χ2n) is 4.82. The second-order valence-corrected chi connectivity index (χ2v) is 5.22. The Morgan fingerprint density at radius 3 is 2.78 bits per heavy atom. The standard InChI is InChI=1S/C12H18ClN3O2/c1-16(8-12(17)5-3-4-6-12)10-9(13)7-14-11(15-10)18-2/h7,17H,3-6,8H2,1-2H3. The van der Waals surface area contributed by atoms with E-state index in [-0.39, 0.29) is 6.01 Å². The first-order valence-electron chi connectivity index (χ1n) is 6.04. The summed E-state index contributed by atoms with van der Waals surface area (Å²) >= 11 is 6.08. The summed E-state index contributed by atoms with van der Waals surface area (Å²) in [5, 5.41) is 10.8. The van der Waals surface area contributed by atoms with Crippen molar-refractivity contribution in [2.75, 3.05) is 25.6 Å². The summed E-state index contributed by atoms with van der Waals surface area (Å²) in [4.78, 5) is 10.0. The molecule has 5 nitrogen and oxygen atoms in total. The molecule has 100 valence electrons. The third kappa shape index (κ3) is 2.84. The van der Waals surface area contributed by atoms with Crippen molar-refractivity contribution in [1.29, 1.82) is 0 Å². The Hall–Kier alpha value is -1.07. The van der Waals surface area contributed by atoms with Crippen molar-refractivity contribution < 1.29 is 9.84 Å². The molecule has 0 radical (unpaired) electrons. The first-order chi connectivity index (χ1) is 8.54. The van der Waals surface area contributed by atoms with E-state index in [0.717, 1.165) is 25.7 Å². The molecule has 1 N–H and O–H groups in total. The smallest absolute Gasteiger partial charge is 0.318 e. The molecule has 1 heterocycles. The zero-order valence-corrected chi connectivity index (χ0v) is 11.4. The molecule has 1 aromatic rings. The normalized spacial score (nSPS) is 17.8. The molecule has 6 heteroatoms. The molecule has 1 fully saturated rings. The predicted molar refractivity (Wildman–Crippen MR) is 70.3 cm³/mol. The molecule has 0 bridgehead atoms. The minimum Gasteiger partial charge on any atom is -0.467 e. The number of halogens is 1. The van der Waals surface area contributed by atoms with Crippen molar-refractivity contribution >= 4 is 17.4 Å². The third-order valence-corrected chi connectivity index (χ3v) is 3.58. The van der Waals surface area contributed by atoms with Crippen molar-refractivity contribution in [1.82, 2.24) is 9.97 Å². The summed E-state index contributed by atoms with van der Waals surface area (Å²) in [7, 11) is 3.38. The van der Waals surface area contributed by atoms with Gasteiger partial charge in [0.1, 0.15) is 5.02 Å². The SMILES string of the molecule is COc1ncc(Cl)c(N(C)CC2(O)CCCC2)n1. The zero-order chi connectivity index (χ0) is 13.2. The molecule has 0 unspecified atom stereocenters. The Balaban J connectivity index is 2.14. The van der Waals surface area contributed by atoms with Crippen molar-refractivity contribution in [3.8, 4) is 6.01 Å². The summed E-state index contributed by atoms with van der Waals surface area (Å²) in [6, 6.07) is 0.277. The van der Waals surface area contributed by atoms with Gasteiger partial charge in [-0.1, -0.05) is 24.4 Å². The summed E-state index contributed by atoms with van der Waals surface area (Å²) in [5.74, 6) is 0.587. The maximum absolute atomic E-state index is 10.4. The fraction of sp³-hybridized carbons (Fsp3) is 0.667.